The smallest absolute Gasteiger partial charge is 0.250 e. The van der Waals surface area contributed by atoms with Gasteiger partial charge in [0, 0.05) is 46.1 Å². The van der Waals surface area contributed by atoms with Crippen LogP contribution in [0.15, 0.2) is 23.1 Å². The molecule has 2 aliphatic rings. The van der Waals surface area contributed by atoms with Crippen molar-refractivity contribution in [3.8, 4) is 0 Å². The third-order valence-electron chi connectivity index (χ3n) is 4.81. The quantitative estimate of drug-likeness (QED) is 0.759. The molecule has 1 aromatic heterocycles. The van der Waals surface area contributed by atoms with E-state index in [1.165, 1.54) is 10.6 Å². The Bertz CT molecular complexity index is 627. The van der Waals surface area contributed by atoms with Gasteiger partial charge in [0.15, 0.2) is 0 Å². The summed E-state index contributed by atoms with van der Waals surface area (Å²) in [5.41, 5.74) is 0.516. The minimum atomic E-state index is -0.235. The van der Waals surface area contributed by atoms with Crippen LogP contribution in [0.5, 0.6) is 0 Å². The number of pyridine rings is 1. The molecular weight excluding hydrogens is 282 g/mol. The maximum absolute atomic E-state index is 12.7. The van der Waals surface area contributed by atoms with Crippen molar-refractivity contribution in [3.05, 3.63) is 28.7 Å². The van der Waals surface area contributed by atoms with Gasteiger partial charge in [-0.15, -0.1) is 0 Å². The van der Waals surface area contributed by atoms with E-state index in [0.717, 1.165) is 44.7 Å². The highest BCUT2D eigenvalue weighted by Crippen LogP contribution is 2.42. The summed E-state index contributed by atoms with van der Waals surface area (Å²) in [6, 6.07) is 3.25. The van der Waals surface area contributed by atoms with E-state index in [1.54, 1.807) is 31.3 Å². The van der Waals surface area contributed by atoms with Crippen LogP contribution in [0.1, 0.15) is 12.8 Å². The van der Waals surface area contributed by atoms with E-state index in [0.29, 0.717) is 6.61 Å². The monoisotopic (exact) mass is 305 g/mol. The number of piperidine rings is 1. The molecule has 0 bridgehead atoms. The fourth-order valence-electron chi connectivity index (χ4n) is 3.53. The summed E-state index contributed by atoms with van der Waals surface area (Å²) >= 11 is 0. The number of hydrogen-bond acceptors (Lipinski definition) is 4. The van der Waals surface area contributed by atoms with Crippen molar-refractivity contribution in [2.45, 2.75) is 12.8 Å². The minimum Gasteiger partial charge on any atom is -0.383 e. The Balaban J connectivity index is 1.70. The molecule has 6 nitrogen and oxygen atoms in total. The number of methoxy groups -OCH3 is 1. The first-order valence-electron chi connectivity index (χ1n) is 7.76. The lowest BCUT2D eigenvalue weighted by atomic mass is 9.72. The molecule has 22 heavy (non-hydrogen) atoms. The molecule has 1 aromatic rings. The van der Waals surface area contributed by atoms with Gasteiger partial charge in [-0.2, -0.15) is 0 Å². The first-order valence-corrected chi connectivity index (χ1v) is 7.76. The molecule has 2 fully saturated rings. The Morgan fingerprint density at radius 3 is 2.77 bits per heavy atom. The Kier molecular flexibility index (Phi) is 4.06. The SMILES string of the molecule is COCCN1CCCC2(C1)CN(c1ccc(=O)n(C)c1)C2=O. The number of aromatic nitrogens is 1. The predicted molar refractivity (Wildman–Crippen MR) is 84.0 cm³/mol. The van der Waals surface area contributed by atoms with E-state index in [9.17, 15) is 9.59 Å². The zero-order valence-electron chi connectivity index (χ0n) is 13.2. The molecule has 0 aromatic carbocycles. The van der Waals surface area contributed by atoms with E-state index in [1.807, 2.05) is 0 Å². The zero-order valence-corrected chi connectivity index (χ0v) is 13.2. The van der Waals surface area contributed by atoms with Gasteiger partial charge < -0.3 is 14.2 Å². The molecule has 1 spiro atoms. The Morgan fingerprint density at radius 1 is 1.27 bits per heavy atom. The van der Waals surface area contributed by atoms with Crippen LogP contribution in [0.4, 0.5) is 5.69 Å². The van der Waals surface area contributed by atoms with Crippen molar-refractivity contribution in [3.63, 3.8) is 0 Å². The average molecular weight is 305 g/mol. The highest BCUT2D eigenvalue weighted by atomic mass is 16.5. The van der Waals surface area contributed by atoms with E-state index < -0.39 is 0 Å². The summed E-state index contributed by atoms with van der Waals surface area (Å²) in [6.07, 6.45) is 3.74. The van der Waals surface area contributed by atoms with Gasteiger partial charge in [-0.05, 0) is 25.5 Å². The van der Waals surface area contributed by atoms with Gasteiger partial charge in [0.1, 0.15) is 0 Å². The molecule has 3 heterocycles. The van der Waals surface area contributed by atoms with Crippen molar-refractivity contribution >= 4 is 11.6 Å². The molecule has 6 heteroatoms. The van der Waals surface area contributed by atoms with Gasteiger partial charge in [0.05, 0.1) is 17.7 Å². The fourth-order valence-corrected chi connectivity index (χ4v) is 3.53. The summed E-state index contributed by atoms with van der Waals surface area (Å²) < 4.78 is 6.65. The summed E-state index contributed by atoms with van der Waals surface area (Å²) in [5.74, 6) is 0.188. The van der Waals surface area contributed by atoms with Gasteiger partial charge in [-0.3, -0.25) is 14.5 Å². The first kappa shape index (κ1) is 15.2. The van der Waals surface area contributed by atoms with Crippen LogP contribution in [0.25, 0.3) is 0 Å². The molecule has 0 saturated carbocycles. The van der Waals surface area contributed by atoms with Crippen LogP contribution in [-0.2, 0) is 16.6 Å². The maximum atomic E-state index is 12.7. The van der Waals surface area contributed by atoms with Crippen molar-refractivity contribution < 1.29 is 9.53 Å². The highest BCUT2D eigenvalue weighted by molar-refractivity contribution is 6.04. The molecule has 3 rings (SSSR count). The van der Waals surface area contributed by atoms with Crippen LogP contribution in [-0.4, -0.2) is 55.3 Å². The van der Waals surface area contributed by atoms with Gasteiger partial charge in [-0.1, -0.05) is 0 Å². The molecule has 0 aliphatic carbocycles. The van der Waals surface area contributed by atoms with E-state index in [2.05, 4.69) is 4.90 Å². The number of β-lactam (4-membered cyclic amide) rings is 1. The second-order valence-electron chi connectivity index (χ2n) is 6.38. The lowest BCUT2D eigenvalue weighted by molar-refractivity contribution is -0.139. The number of amides is 1. The molecule has 1 amide bonds. The molecule has 2 saturated heterocycles. The first-order chi connectivity index (χ1) is 10.6. The minimum absolute atomic E-state index is 0.0603. The standard InChI is InChI=1S/C16H23N3O3/c1-17-10-13(4-5-14(17)20)19-12-16(15(19)21)6-3-7-18(11-16)8-9-22-2/h4-5,10H,3,6-9,11-12H2,1-2H3. The van der Waals surface area contributed by atoms with Gasteiger partial charge in [-0.25, -0.2) is 0 Å². The second-order valence-corrected chi connectivity index (χ2v) is 6.38. The normalized spacial score (nSPS) is 25.5. The van der Waals surface area contributed by atoms with Gasteiger partial charge in [0.25, 0.3) is 0 Å². The average Bonchev–Trinajstić information content (AvgIpc) is 2.53. The van der Waals surface area contributed by atoms with E-state index in [-0.39, 0.29) is 16.9 Å². The number of carbonyl (C=O) groups excluding carboxylic acids is 1. The van der Waals surface area contributed by atoms with Gasteiger partial charge >= 0.3 is 0 Å². The largest absolute Gasteiger partial charge is 0.383 e. The molecule has 1 atom stereocenters. The number of ether oxygens (including phenoxy) is 1. The Morgan fingerprint density at radius 2 is 2.09 bits per heavy atom. The Labute approximate surface area is 130 Å². The number of anilines is 1. The third kappa shape index (κ3) is 2.57. The number of aryl methyl sites for hydroxylation is 1. The lowest BCUT2D eigenvalue weighted by Gasteiger charge is -2.53. The number of hydrogen-bond donors (Lipinski definition) is 0. The summed E-state index contributed by atoms with van der Waals surface area (Å²) in [5, 5.41) is 0. The van der Waals surface area contributed by atoms with Crippen LogP contribution < -0.4 is 10.5 Å². The summed E-state index contributed by atoms with van der Waals surface area (Å²) in [6.45, 7) is 4.18. The molecule has 2 aliphatic heterocycles. The van der Waals surface area contributed by atoms with Crippen molar-refractivity contribution in [1.82, 2.24) is 9.47 Å². The number of nitrogens with zero attached hydrogens (tertiary/aromatic N) is 3. The molecule has 1 unspecified atom stereocenters. The number of rotatable bonds is 4. The number of carbonyl (C=O) groups is 1. The predicted octanol–water partition coefficient (Wildman–Crippen LogP) is 0.461. The Hall–Kier alpha value is -1.66. The van der Waals surface area contributed by atoms with Crippen molar-refractivity contribution in [2.24, 2.45) is 12.5 Å². The molecule has 120 valence electrons. The van der Waals surface area contributed by atoms with E-state index >= 15 is 0 Å². The summed E-state index contributed by atoms with van der Waals surface area (Å²) in [7, 11) is 3.41. The van der Waals surface area contributed by atoms with Crippen LogP contribution in [0.3, 0.4) is 0 Å². The highest BCUT2D eigenvalue weighted by Gasteiger charge is 2.54. The molecule has 0 radical (unpaired) electrons. The van der Waals surface area contributed by atoms with Crippen LogP contribution >= 0.6 is 0 Å². The lowest BCUT2D eigenvalue weighted by Crippen LogP contribution is -2.67. The summed E-state index contributed by atoms with van der Waals surface area (Å²) in [4.78, 5) is 28.3. The topological polar surface area (TPSA) is 54.8 Å². The van der Waals surface area contributed by atoms with Gasteiger partial charge in [0.2, 0.25) is 11.5 Å². The second kappa shape index (κ2) is 5.85. The molecule has 0 N–H and O–H groups in total. The third-order valence-corrected chi connectivity index (χ3v) is 4.81. The zero-order chi connectivity index (χ0) is 15.7. The van der Waals surface area contributed by atoms with Crippen molar-refractivity contribution in [2.75, 3.05) is 44.8 Å². The van der Waals surface area contributed by atoms with Crippen molar-refractivity contribution in [1.29, 1.82) is 0 Å². The van der Waals surface area contributed by atoms with E-state index in [4.69, 9.17) is 4.74 Å². The molecular formula is C16H23N3O3. The fraction of sp³-hybridized carbons (Fsp3) is 0.625. The van der Waals surface area contributed by atoms with Crippen LogP contribution in [0, 0.1) is 5.41 Å². The number of likely N-dealkylation sites (tertiary alicyclic amines) is 1. The van der Waals surface area contributed by atoms with Crippen LogP contribution in [0.2, 0.25) is 0 Å². The maximum Gasteiger partial charge on any atom is 0.250 e.